The molecule has 0 bridgehead atoms. The minimum absolute atomic E-state index is 0.276. The van der Waals surface area contributed by atoms with Gasteiger partial charge in [-0.15, -0.1) is 0 Å². The Morgan fingerprint density at radius 3 is 0.411 bits per heavy atom. The van der Waals surface area contributed by atoms with Gasteiger partial charge in [-0.1, -0.05) is 546 Å². The molecule has 2 rings (SSSR count). The van der Waals surface area contributed by atoms with Gasteiger partial charge in [0.2, 0.25) is 0 Å². The first-order chi connectivity index (χ1) is 53.2. The average Bonchev–Trinajstić information content (AvgIpc) is 0.749. The lowest BCUT2D eigenvalue weighted by Crippen LogP contribution is -2.29. The van der Waals surface area contributed by atoms with Crippen LogP contribution >= 0.6 is 15.2 Å². The third-order valence-electron chi connectivity index (χ3n) is 25.4. The van der Waals surface area contributed by atoms with Crippen LogP contribution in [0.25, 0.3) is 0 Å². The quantitative estimate of drug-likeness (QED) is 0.0283. The second kappa shape index (κ2) is 63.3. The number of unbranched alkanes of at least 4 members (excludes halogenated alkanes) is 60. The summed E-state index contributed by atoms with van der Waals surface area (Å²) in [7, 11) is -9.10. The first kappa shape index (κ1) is 108. The zero-order chi connectivity index (χ0) is 83.5. The molecule has 2 aromatic carbocycles. The summed E-state index contributed by atoms with van der Waals surface area (Å²) in [6.07, 6.45) is 84.1. The molecule has 8 nitrogen and oxygen atoms in total. The largest absolute Gasteiger partial charge is 0.507 e. The van der Waals surface area contributed by atoms with Crippen LogP contribution in [0.1, 0.15) is 581 Å². The molecule has 0 spiro atoms. The fourth-order valence-corrected chi connectivity index (χ4v) is 20.4. The van der Waals surface area contributed by atoms with Gasteiger partial charge in [0.05, 0.1) is 10.3 Å². The van der Waals surface area contributed by atoms with E-state index in [1.807, 2.05) is 24.3 Å². The maximum atomic E-state index is 13.9. The van der Waals surface area contributed by atoms with E-state index < -0.39 is 25.5 Å². The summed E-state index contributed by atoms with van der Waals surface area (Å²) in [4.78, 5) is 45.4. The van der Waals surface area contributed by atoms with Crippen molar-refractivity contribution in [2.24, 2.45) is 0 Å². The third kappa shape index (κ3) is 48.6. The van der Waals surface area contributed by atoms with Crippen molar-refractivity contribution in [3.05, 3.63) is 57.6 Å². The van der Waals surface area contributed by atoms with Gasteiger partial charge in [-0.25, -0.2) is 0 Å². The highest BCUT2D eigenvalue weighted by Gasteiger charge is 2.50. The van der Waals surface area contributed by atoms with Crippen LogP contribution in [0.3, 0.4) is 0 Å². The van der Waals surface area contributed by atoms with Crippen molar-refractivity contribution >= 4 is 15.2 Å². The Morgan fingerprint density at radius 2 is 0.312 bits per heavy atom. The van der Waals surface area contributed by atoms with Crippen LogP contribution in [0.15, 0.2) is 24.3 Å². The Morgan fingerprint density at radius 1 is 0.205 bits per heavy atom. The van der Waals surface area contributed by atoms with Gasteiger partial charge in [-0.2, -0.15) is 0 Å². The number of hydrogen-bond donors (Lipinski definition) is 6. The number of hydrogen-bond acceptors (Lipinski definition) is 4. The van der Waals surface area contributed by atoms with Crippen molar-refractivity contribution in [3.8, 4) is 11.5 Å². The molecule has 0 heterocycles. The van der Waals surface area contributed by atoms with Crippen LogP contribution in [0.5, 0.6) is 11.5 Å². The van der Waals surface area contributed by atoms with Gasteiger partial charge in [0.1, 0.15) is 11.5 Å². The molecule has 0 unspecified atom stereocenters. The lowest BCUT2D eigenvalue weighted by atomic mass is 9.75. The zero-order valence-electron chi connectivity index (χ0n) is 77.8. The van der Waals surface area contributed by atoms with Crippen LogP contribution in [0.4, 0.5) is 0 Å². The summed E-state index contributed by atoms with van der Waals surface area (Å²) < 4.78 is 27.8. The van der Waals surface area contributed by atoms with Crippen LogP contribution < -0.4 is 0 Å². The van der Waals surface area contributed by atoms with Gasteiger partial charge in [-0.3, -0.25) is 9.13 Å². The van der Waals surface area contributed by atoms with Crippen LogP contribution in [-0.4, -0.2) is 29.8 Å². The van der Waals surface area contributed by atoms with Gasteiger partial charge in [0.15, 0.2) is 0 Å². The van der Waals surface area contributed by atoms with E-state index in [9.17, 15) is 38.9 Å². The van der Waals surface area contributed by atoms with E-state index in [-0.39, 0.29) is 33.2 Å². The maximum Gasteiger partial charge on any atom is 0.335 e. The predicted molar refractivity (Wildman–Crippen MR) is 495 cm³/mol. The van der Waals surface area contributed by atoms with Crippen molar-refractivity contribution in [3.63, 3.8) is 0 Å². The summed E-state index contributed by atoms with van der Waals surface area (Å²) in [5, 5.41) is 20.6. The molecule has 0 atom stereocenters. The zero-order valence-corrected chi connectivity index (χ0v) is 79.6. The minimum Gasteiger partial charge on any atom is -0.507 e. The molecule has 0 saturated carbocycles. The van der Waals surface area contributed by atoms with Gasteiger partial charge >= 0.3 is 15.2 Å². The second-order valence-corrected chi connectivity index (χ2v) is 44.1. The standard InChI is InChI=1S/2C51H97O4P/c2*1-9-11-13-15-17-19-21-23-25-27-29-31-33-35-37-39-41-51(56(53,54)55,45-43-46(49(3,4)5)48(52)47(44-45)50(6,7)8)42-40-38-36-34-32-30-28-26-24-22-20-18-16-14-12-10-2/h2*43-44,52H,9-42H2,1-8H3,(H2,53,54,55). The first-order valence-electron chi connectivity index (χ1n) is 49.1. The molecule has 0 radical (unpaired) electrons. The molecule has 0 aromatic heterocycles. The molecule has 2 aromatic rings. The Kier molecular flexibility index (Phi) is 61.3. The molecule has 112 heavy (non-hydrogen) atoms. The van der Waals surface area contributed by atoms with E-state index in [4.69, 9.17) is 0 Å². The monoisotopic (exact) mass is 1610 g/mol. The van der Waals surface area contributed by atoms with E-state index >= 15 is 0 Å². The lowest BCUT2D eigenvalue weighted by Gasteiger charge is -2.38. The van der Waals surface area contributed by atoms with Gasteiger partial charge < -0.3 is 29.8 Å². The first-order valence-corrected chi connectivity index (χ1v) is 52.3. The fourth-order valence-electron chi connectivity index (χ4n) is 17.7. The lowest BCUT2D eigenvalue weighted by molar-refractivity contribution is 0.295. The summed E-state index contributed by atoms with van der Waals surface area (Å²) in [5.41, 5.74) is 3.20. The smallest absolute Gasteiger partial charge is 0.335 e. The summed E-state index contributed by atoms with van der Waals surface area (Å²) in [5.74, 6) is 0.552. The molecule has 0 amide bonds. The molecule has 6 N–H and O–H groups in total. The molecule has 0 aliphatic carbocycles. The highest BCUT2D eigenvalue weighted by Crippen LogP contribution is 2.65. The van der Waals surface area contributed by atoms with Crippen LogP contribution in [0, 0.1) is 0 Å². The molecule has 0 aliphatic heterocycles. The minimum atomic E-state index is -4.55. The Hall–Kier alpha value is -1.66. The molecular formula is C102H194O8P2. The Balaban J connectivity index is 0.00000112. The highest BCUT2D eigenvalue weighted by molar-refractivity contribution is 7.53. The number of phenols is 2. The number of benzene rings is 2. The molecule has 0 saturated heterocycles. The third-order valence-corrected chi connectivity index (χ3v) is 29.1. The summed E-state index contributed by atoms with van der Waals surface area (Å²) in [6, 6.07) is 7.84. The van der Waals surface area contributed by atoms with Crippen molar-refractivity contribution in [2.45, 2.75) is 579 Å². The van der Waals surface area contributed by atoms with E-state index in [0.29, 0.717) is 25.7 Å². The number of rotatable bonds is 72. The van der Waals surface area contributed by atoms with E-state index in [1.165, 1.54) is 334 Å². The number of aromatic hydroxyl groups is 2. The molecule has 660 valence electrons. The van der Waals surface area contributed by atoms with E-state index in [1.54, 1.807) is 0 Å². The van der Waals surface area contributed by atoms with Gasteiger partial charge in [0.25, 0.3) is 0 Å². The normalized spacial score (nSPS) is 12.9. The molecule has 0 aliphatic rings. The van der Waals surface area contributed by atoms with Crippen molar-refractivity contribution in [1.82, 2.24) is 0 Å². The fraction of sp³-hybridized carbons (Fsp3) is 0.882. The molecule has 10 heteroatoms. The van der Waals surface area contributed by atoms with E-state index in [0.717, 1.165) is 110 Å². The van der Waals surface area contributed by atoms with Gasteiger partial charge in [-0.05, 0) is 80.7 Å². The van der Waals surface area contributed by atoms with Gasteiger partial charge in [0, 0.05) is 0 Å². The highest BCUT2D eigenvalue weighted by atomic mass is 31.2. The Bertz CT molecular complexity index is 2320. The predicted octanol–water partition coefficient (Wildman–Crippen LogP) is 35.3. The van der Waals surface area contributed by atoms with Crippen LogP contribution in [0.2, 0.25) is 0 Å². The number of phenolic OH excluding ortho intramolecular Hbond substituents is 2. The van der Waals surface area contributed by atoms with Crippen LogP contribution in [-0.2, 0) is 41.1 Å². The summed E-state index contributed by atoms with van der Waals surface area (Å²) >= 11 is 0. The Labute approximate surface area is 698 Å². The van der Waals surface area contributed by atoms with Crippen molar-refractivity contribution in [1.29, 1.82) is 0 Å². The topological polar surface area (TPSA) is 156 Å². The average molecular weight is 1610 g/mol. The molecule has 0 fully saturated rings. The SMILES string of the molecule is CCCCCCCCCCCCCCCCCCC(CCCCCCCCCCCCCCCCCC)(c1cc(C(C)(C)C)c(O)c(C(C)(C)C)c1)P(=O)(O)O.CCCCCCCCCCCCCCCCCCC(CCCCCCCCCCCCCCCCCC)(c1cc(C(C)(C)C)c(O)c(C(C)(C)C)c1)P(=O)(O)O. The van der Waals surface area contributed by atoms with E-state index in [2.05, 4.69) is 111 Å². The second-order valence-electron chi connectivity index (χ2n) is 40.2. The summed E-state index contributed by atoms with van der Waals surface area (Å²) in [6.45, 7) is 34.2. The van der Waals surface area contributed by atoms with Crippen molar-refractivity contribution < 1.29 is 38.9 Å². The van der Waals surface area contributed by atoms with Crippen molar-refractivity contribution in [2.75, 3.05) is 0 Å². The molecular weight excluding hydrogens is 1420 g/mol. The maximum absolute atomic E-state index is 13.9.